The maximum Gasteiger partial charge on any atom is 0.264 e. The van der Waals surface area contributed by atoms with Crippen molar-refractivity contribution in [3.8, 4) is 0 Å². The maximum absolute atomic E-state index is 12.7. The number of carbonyl (C=O) groups excluding carboxylic acids is 1. The Hall–Kier alpha value is -0.520. The molecule has 4 heterocycles. The van der Waals surface area contributed by atoms with Crippen molar-refractivity contribution in [1.29, 1.82) is 0 Å². The van der Waals surface area contributed by atoms with E-state index in [9.17, 15) is 4.79 Å². The molecule has 0 radical (unpaired) electrons. The molecule has 20 heavy (non-hydrogen) atoms. The molecule has 2 atom stereocenters. The van der Waals surface area contributed by atoms with Crippen molar-refractivity contribution in [2.75, 3.05) is 25.4 Å². The standard InChI is InChI=1S/C15H20N2OS2/c18-15(14-6-11-9-19-5-3-13(11)20-14)17-7-10-2-1-4-16-12(10)8-17/h6,10,12,16H,1-5,7-9H2/t10-,12+/m0/s1. The van der Waals surface area contributed by atoms with Gasteiger partial charge in [0.15, 0.2) is 0 Å². The average Bonchev–Trinajstić information content (AvgIpc) is 3.10. The molecule has 1 aromatic rings. The Morgan fingerprint density at radius 2 is 2.35 bits per heavy atom. The number of aryl methyl sites for hydroxylation is 1. The highest BCUT2D eigenvalue weighted by atomic mass is 32.2. The number of amides is 1. The number of hydrogen-bond donors (Lipinski definition) is 1. The number of thiophene rings is 1. The molecule has 3 aliphatic rings. The Balaban J connectivity index is 1.51. The fourth-order valence-electron chi connectivity index (χ4n) is 3.62. The Labute approximate surface area is 128 Å². The summed E-state index contributed by atoms with van der Waals surface area (Å²) in [5, 5.41) is 3.57. The van der Waals surface area contributed by atoms with Gasteiger partial charge < -0.3 is 10.2 Å². The highest BCUT2D eigenvalue weighted by molar-refractivity contribution is 7.98. The van der Waals surface area contributed by atoms with Crippen molar-refractivity contribution in [2.24, 2.45) is 5.92 Å². The van der Waals surface area contributed by atoms with Gasteiger partial charge in [0.25, 0.3) is 5.91 Å². The molecule has 1 N–H and O–H groups in total. The maximum atomic E-state index is 12.7. The van der Waals surface area contributed by atoms with Gasteiger partial charge in [-0.3, -0.25) is 4.79 Å². The van der Waals surface area contributed by atoms with Crippen LogP contribution in [-0.4, -0.2) is 42.2 Å². The summed E-state index contributed by atoms with van der Waals surface area (Å²) in [6.45, 7) is 2.97. The molecule has 1 amide bonds. The second-order valence-corrected chi connectivity index (χ2v) is 8.28. The van der Waals surface area contributed by atoms with E-state index < -0.39 is 0 Å². The van der Waals surface area contributed by atoms with Gasteiger partial charge >= 0.3 is 0 Å². The third-order valence-electron chi connectivity index (χ3n) is 4.72. The second kappa shape index (κ2) is 5.35. The van der Waals surface area contributed by atoms with Crippen molar-refractivity contribution < 1.29 is 4.79 Å². The zero-order chi connectivity index (χ0) is 13.5. The smallest absolute Gasteiger partial charge is 0.264 e. The van der Waals surface area contributed by atoms with Crippen LogP contribution in [0, 0.1) is 5.92 Å². The molecule has 3 nitrogen and oxygen atoms in total. The zero-order valence-electron chi connectivity index (χ0n) is 11.6. The van der Waals surface area contributed by atoms with Gasteiger partial charge in [-0.15, -0.1) is 11.3 Å². The molecule has 2 saturated heterocycles. The number of nitrogens with zero attached hydrogens (tertiary/aromatic N) is 1. The molecular weight excluding hydrogens is 288 g/mol. The van der Waals surface area contributed by atoms with Crippen LogP contribution >= 0.6 is 23.1 Å². The number of hydrogen-bond acceptors (Lipinski definition) is 4. The number of carbonyl (C=O) groups is 1. The van der Waals surface area contributed by atoms with Crippen molar-refractivity contribution in [2.45, 2.75) is 31.1 Å². The Morgan fingerprint density at radius 1 is 1.40 bits per heavy atom. The summed E-state index contributed by atoms with van der Waals surface area (Å²) < 4.78 is 0. The minimum atomic E-state index is 0.269. The summed E-state index contributed by atoms with van der Waals surface area (Å²) in [4.78, 5) is 17.2. The largest absolute Gasteiger partial charge is 0.336 e. The molecule has 108 valence electrons. The first kappa shape index (κ1) is 13.2. The normalized spacial score (nSPS) is 29.1. The molecule has 0 aromatic carbocycles. The molecule has 1 aromatic heterocycles. The van der Waals surface area contributed by atoms with Crippen LogP contribution in [0.2, 0.25) is 0 Å². The lowest BCUT2D eigenvalue weighted by molar-refractivity contribution is 0.0790. The number of likely N-dealkylation sites (tertiary alicyclic amines) is 1. The molecular formula is C15H20N2OS2. The van der Waals surface area contributed by atoms with Crippen LogP contribution in [0.15, 0.2) is 6.07 Å². The van der Waals surface area contributed by atoms with Gasteiger partial charge in [-0.05, 0) is 49.1 Å². The third-order valence-corrected chi connectivity index (χ3v) is 6.96. The highest BCUT2D eigenvalue weighted by Gasteiger charge is 2.37. The topological polar surface area (TPSA) is 32.3 Å². The minimum Gasteiger partial charge on any atom is -0.336 e. The molecule has 0 saturated carbocycles. The molecule has 0 aliphatic carbocycles. The fraction of sp³-hybridized carbons (Fsp3) is 0.667. The number of fused-ring (bicyclic) bond motifs is 2. The van der Waals surface area contributed by atoms with Crippen LogP contribution in [0.5, 0.6) is 0 Å². The summed E-state index contributed by atoms with van der Waals surface area (Å²) in [7, 11) is 0. The molecule has 2 fully saturated rings. The monoisotopic (exact) mass is 308 g/mol. The summed E-state index contributed by atoms with van der Waals surface area (Å²) in [6, 6.07) is 2.70. The number of piperidine rings is 1. The number of rotatable bonds is 1. The summed E-state index contributed by atoms with van der Waals surface area (Å²) in [5.74, 6) is 3.24. The van der Waals surface area contributed by atoms with Gasteiger partial charge in [0.05, 0.1) is 4.88 Å². The number of thioether (sulfide) groups is 1. The SMILES string of the molecule is O=C(c1cc2c(s1)CCSC2)N1C[C@@H]2CCCN[C@@H]2C1. The van der Waals surface area contributed by atoms with Crippen LogP contribution in [-0.2, 0) is 12.2 Å². The van der Waals surface area contributed by atoms with E-state index in [4.69, 9.17) is 0 Å². The highest BCUT2D eigenvalue weighted by Crippen LogP contribution is 2.33. The molecule has 0 unspecified atom stereocenters. The van der Waals surface area contributed by atoms with E-state index in [1.807, 2.05) is 11.8 Å². The predicted molar refractivity (Wildman–Crippen MR) is 84.6 cm³/mol. The lowest BCUT2D eigenvalue weighted by Gasteiger charge is -2.24. The Morgan fingerprint density at radius 3 is 3.20 bits per heavy atom. The first-order valence-corrected chi connectivity index (χ1v) is 9.50. The van der Waals surface area contributed by atoms with E-state index in [0.29, 0.717) is 12.0 Å². The van der Waals surface area contributed by atoms with E-state index in [-0.39, 0.29) is 5.91 Å². The van der Waals surface area contributed by atoms with Gasteiger partial charge in [0.2, 0.25) is 0 Å². The van der Waals surface area contributed by atoms with Crippen molar-refractivity contribution in [3.05, 3.63) is 21.4 Å². The first-order chi connectivity index (χ1) is 9.81. The van der Waals surface area contributed by atoms with E-state index in [1.165, 1.54) is 29.0 Å². The summed E-state index contributed by atoms with van der Waals surface area (Å²) >= 11 is 3.72. The first-order valence-electron chi connectivity index (χ1n) is 7.53. The molecule has 0 bridgehead atoms. The van der Waals surface area contributed by atoms with E-state index in [1.54, 1.807) is 11.3 Å². The number of nitrogens with one attached hydrogen (secondary N) is 1. The lowest BCUT2D eigenvalue weighted by atomic mass is 9.94. The van der Waals surface area contributed by atoms with Gasteiger partial charge in [-0.1, -0.05) is 0 Å². The predicted octanol–water partition coefficient (Wildman–Crippen LogP) is 2.36. The zero-order valence-corrected chi connectivity index (χ0v) is 13.2. The van der Waals surface area contributed by atoms with E-state index in [2.05, 4.69) is 16.3 Å². The quantitative estimate of drug-likeness (QED) is 0.864. The lowest BCUT2D eigenvalue weighted by Crippen LogP contribution is -2.41. The van der Waals surface area contributed by atoms with Crippen molar-refractivity contribution in [1.82, 2.24) is 10.2 Å². The van der Waals surface area contributed by atoms with Gasteiger partial charge in [-0.2, -0.15) is 11.8 Å². The summed E-state index contributed by atoms with van der Waals surface area (Å²) in [5.41, 5.74) is 1.41. The van der Waals surface area contributed by atoms with Crippen molar-refractivity contribution >= 4 is 29.0 Å². The van der Waals surface area contributed by atoms with Gasteiger partial charge in [-0.25, -0.2) is 0 Å². The Bertz CT molecular complexity index is 490. The van der Waals surface area contributed by atoms with Gasteiger partial charge in [0.1, 0.15) is 0 Å². The minimum absolute atomic E-state index is 0.269. The molecule has 0 spiro atoms. The Kier molecular flexibility index (Phi) is 3.52. The van der Waals surface area contributed by atoms with E-state index in [0.717, 1.165) is 36.7 Å². The van der Waals surface area contributed by atoms with Crippen molar-refractivity contribution in [3.63, 3.8) is 0 Å². The van der Waals surface area contributed by atoms with Crippen LogP contribution in [0.3, 0.4) is 0 Å². The van der Waals surface area contributed by atoms with Crippen LogP contribution in [0.4, 0.5) is 0 Å². The molecule has 5 heteroatoms. The molecule has 4 rings (SSSR count). The fourth-order valence-corrected chi connectivity index (χ4v) is 5.96. The third kappa shape index (κ3) is 2.30. The van der Waals surface area contributed by atoms with Crippen LogP contribution < -0.4 is 5.32 Å². The average molecular weight is 308 g/mol. The summed E-state index contributed by atoms with van der Waals surface area (Å²) in [6.07, 6.45) is 3.68. The molecule has 3 aliphatic heterocycles. The second-order valence-electron chi connectivity index (χ2n) is 6.03. The van der Waals surface area contributed by atoms with Crippen LogP contribution in [0.25, 0.3) is 0 Å². The van der Waals surface area contributed by atoms with Gasteiger partial charge in [0, 0.05) is 29.8 Å². The van der Waals surface area contributed by atoms with E-state index >= 15 is 0 Å². The van der Waals surface area contributed by atoms with Crippen LogP contribution in [0.1, 0.15) is 33.0 Å².